The first-order valence-electron chi connectivity index (χ1n) is 4.65. The molecule has 0 aliphatic carbocycles. The zero-order valence-electron chi connectivity index (χ0n) is 8.54. The molecule has 0 aromatic heterocycles. The molecular weight excluding hydrogens is 170 g/mol. The minimum absolute atomic E-state index is 0.0743. The molecule has 0 heterocycles. The summed E-state index contributed by atoms with van der Waals surface area (Å²) in [6.07, 6.45) is 0.996. The van der Waals surface area contributed by atoms with Crippen LogP contribution in [0.1, 0.15) is 27.2 Å². The van der Waals surface area contributed by atoms with Crippen molar-refractivity contribution in [1.29, 1.82) is 0 Å². The van der Waals surface area contributed by atoms with Gasteiger partial charge in [-0.25, -0.2) is 0 Å². The lowest BCUT2D eigenvalue weighted by molar-refractivity contribution is -0.141. The summed E-state index contributed by atoms with van der Waals surface area (Å²) >= 11 is 0. The van der Waals surface area contributed by atoms with E-state index >= 15 is 0 Å². The minimum atomic E-state index is -0.853. The molecule has 0 bridgehead atoms. The maximum Gasteiger partial charge on any atom is 0.323 e. The summed E-state index contributed by atoms with van der Waals surface area (Å²) in [5.74, 6) is -0.853. The van der Waals surface area contributed by atoms with E-state index in [0.29, 0.717) is 6.54 Å². The Hall–Kier alpha value is -0.610. The predicted octanol–water partition coefficient (Wildman–Crippen LogP) is 0.864. The van der Waals surface area contributed by atoms with Crippen LogP contribution in [-0.4, -0.2) is 36.4 Å². The second-order valence-electron chi connectivity index (χ2n) is 3.23. The lowest BCUT2D eigenvalue weighted by Gasteiger charge is -2.15. The molecule has 0 saturated heterocycles. The van der Waals surface area contributed by atoms with Crippen LogP contribution in [0.3, 0.4) is 0 Å². The highest BCUT2D eigenvalue weighted by Gasteiger charge is 2.16. The van der Waals surface area contributed by atoms with Crippen LogP contribution in [0.5, 0.6) is 0 Å². The largest absolute Gasteiger partial charge is 0.480 e. The molecule has 4 nitrogen and oxygen atoms in total. The molecular formula is C9H19NO3. The van der Waals surface area contributed by atoms with Gasteiger partial charge in [0, 0.05) is 0 Å². The number of hydrogen-bond acceptors (Lipinski definition) is 3. The topological polar surface area (TPSA) is 58.6 Å². The molecule has 0 rings (SSSR count). The maximum absolute atomic E-state index is 10.7. The smallest absolute Gasteiger partial charge is 0.323 e. The number of carbonyl (C=O) groups is 1. The summed E-state index contributed by atoms with van der Waals surface area (Å²) in [6, 6.07) is -0.581. The van der Waals surface area contributed by atoms with Crippen LogP contribution >= 0.6 is 0 Å². The van der Waals surface area contributed by atoms with E-state index in [4.69, 9.17) is 9.84 Å². The van der Waals surface area contributed by atoms with Crippen LogP contribution in [0.2, 0.25) is 0 Å². The third-order valence-electron chi connectivity index (χ3n) is 1.54. The molecule has 0 aliphatic rings. The Morgan fingerprint density at radius 2 is 2.15 bits per heavy atom. The fraction of sp³-hybridized carbons (Fsp3) is 0.889. The molecule has 0 amide bonds. The Morgan fingerprint density at radius 3 is 2.54 bits per heavy atom. The number of carboxylic acids is 1. The zero-order valence-corrected chi connectivity index (χ0v) is 8.54. The Kier molecular flexibility index (Phi) is 6.54. The van der Waals surface area contributed by atoms with Crippen LogP contribution in [0.25, 0.3) is 0 Å². The maximum atomic E-state index is 10.7. The van der Waals surface area contributed by atoms with Gasteiger partial charge in [-0.3, -0.25) is 4.79 Å². The van der Waals surface area contributed by atoms with Crippen molar-refractivity contribution in [1.82, 2.24) is 5.32 Å². The Balaban J connectivity index is 3.74. The van der Waals surface area contributed by atoms with E-state index < -0.39 is 12.0 Å². The van der Waals surface area contributed by atoms with Crippen molar-refractivity contribution < 1.29 is 14.6 Å². The van der Waals surface area contributed by atoms with Gasteiger partial charge in [0.1, 0.15) is 6.04 Å². The van der Waals surface area contributed by atoms with E-state index in [-0.39, 0.29) is 12.7 Å². The first kappa shape index (κ1) is 12.4. The quantitative estimate of drug-likeness (QED) is 0.623. The molecule has 4 heteroatoms. The van der Waals surface area contributed by atoms with Crippen LogP contribution in [0, 0.1) is 0 Å². The molecule has 13 heavy (non-hydrogen) atoms. The van der Waals surface area contributed by atoms with Crippen molar-refractivity contribution in [2.75, 3.05) is 13.2 Å². The highest BCUT2D eigenvalue weighted by molar-refractivity contribution is 5.73. The molecule has 78 valence electrons. The van der Waals surface area contributed by atoms with Crippen molar-refractivity contribution in [2.24, 2.45) is 0 Å². The Morgan fingerprint density at radius 1 is 1.54 bits per heavy atom. The summed E-state index contributed by atoms with van der Waals surface area (Å²) in [5, 5.41) is 11.7. The summed E-state index contributed by atoms with van der Waals surface area (Å²) in [7, 11) is 0. The lowest BCUT2D eigenvalue weighted by atomic mass is 10.3. The number of hydrogen-bond donors (Lipinski definition) is 2. The molecule has 2 N–H and O–H groups in total. The summed E-state index contributed by atoms with van der Waals surface area (Å²) in [6.45, 7) is 6.71. The first-order valence-corrected chi connectivity index (χ1v) is 4.65. The van der Waals surface area contributed by atoms with Crippen LogP contribution < -0.4 is 5.32 Å². The molecule has 0 aliphatic heterocycles. The van der Waals surface area contributed by atoms with Crippen molar-refractivity contribution in [2.45, 2.75) is 39.3 Å². The molecule has 1 unspecified atom stereocenters. The van der Waals surface area contributed by atoms with E-state index in [9.17, 15) is 4.79 Å². The zero-order chi connectivity index (χ0) is 10.3. The highest BCUT2D eigenvalue weighted by Crippen LogP contribution is 1.92. The van der Waals surface area contributed by atoms with Gasteiger partial charge in [-0.2, -0.15) is 0 Å². The number of aliphatic carboxylic acids is 1. The van der Waals surface area contributed by atoms with Crippen molar-refractivity contribution in [3.8, 4) is 0 Å². The van der Waals surface area contributed by atoms with Crippen molar-refractivity contribution in [3.05, 3.63) is 0 Å². The minimum Gasteiger partial charge on any atom is -0.480 e. The Bertz CT molecular complexity index is 148. The van der Waals surface area contributed by atoms with Gasteiger partial charge in [0.2, 0.25) is 0 Å². The van der Waals surface area contributed by atoms with Gasteiger partial charge in [-0.1, -0.05) is 6.92 Å². The predicted molar refractivity (Wildman–Crippen MR) is 50.8 cm³/mol. The average Bonchev–Trinajstić information content (AvgIpc) is 2.03. The number of ether oxygens (including phenoxy) is 1. The van der Waals surface area contributed by atoms with E-state index in [1.54, 1.807) is 0 Å². The summed E-state index contributed by atoms with van der Waals surface area (Å²) < 4.78 is 5.22. The molecule has 0 spiro atoms. The molecule has 1 atom stereocenters. The number of carboxylic acid groups (broad SMARTS) is 1. The second-order valence-corrected chi connectivity index (χ2v) is 3.23. The lowest BCUT2D eigenvalue weighted by Crippen LogP contribution is -2.41. The monoisotopic (exact) mass is 189 g/mol. The van der Waals surface area contributed by atoms with Gasteiger partial charge in [0.25, 0.3) is 0 Å². The normalized spacial score (nSPS) is 13.2. The van der Waals surface area contributed by atoms with Gasteiger partial charge in [0.05, 0.1) is 12.7 Å². The third kappa shape index (κ3) is 6.54. The van der Waals surface area contributed by atoms with Gasteiger partial charge in [-0.05, 0) is 26.8 Å². The van der Waals surface area contributed by atoms with E-state index in [0.717, 1.165) is 6.42 Å². The Labute approximate surface area is 79.3 Å². The van der Waals surface area contributed by atoms with Gasteiger partial charge < -0.3 is 15.2 Å². The van der Waals surface area contributed by atoms with E-state index in [2.05, 4.69) is 5.32 Å². The fourth-order valence-corrected chi connectivity index (χ4v) is 0.825. The molecule has 0 aromatic rings. The summed E-state index contributed by atoms with van der Waals surface area (Å²) in [5.41, 5.74) is 0. The molecule has 0 aromatic carbocycles. The fourth-order valence-electron chi connectivity index (χ4n) is 0.825. The van der Waals surface area contributed by atoms with Crippen LogP contribution in [0.4, 0.5) is 0 Å². The van der Waals surface area contributed by atoms with E-state index in [1.807, 2.05) is 20.8 Å². The second kappa shape index (κ2) is 6.86. The van der Waals surface area contributed by atoms with Crippen LogP contribution in [-0.2, 0) is 9.53 Å². The average molecular weight is 189 g/mol. The SMILES string of the molecule is CCCNC(COC(C)C)C(=O)O. The molecule has 0 saturated carbocycles. The highest BCUT2D eigenvalue weighted by atomic mass is 16.5. The number of nitrogens with one attached hydrogen (secondary N) is 1. The standard InChI is InChI=1S/C9H19NO3/c1-4-5-10-8(9(11)12)6-13-7(2)3/h7-8,10H,4-6H2,1-3H3,(H,11,12). The van der Waals surface area contributed by atoms with Crippen molar-refractivity contribution in [3.63, 3.8) is 0 Å². The van der Waals surface area contributed by atoms with Gasteiger partial charge in [-0.15, -0.1) is 0 Å². The van der Waals surface area contributed by atoms with Gasteiger partial charge >= 0.3 is 5.97 Å². The van der Waals surface area contributed by atoms with Crippen LogP contribution in [0.15, 0.2) is 0 Å². The van der Waals surface area contributed by atoms with Gasteiger partial charge in [0.15, 0.2) is 0 Å². The first-order chi connectivity index (χ1) is 6.07. The van der Waals surface area contributed by atoms with E-state index in [1.165, 1.54) is 0 Å². The summed E-state index contributed by atoms with van der Waals surface area (Å²) in [4.78, 5) is 10.7. The van der Waals surface area contributed by atoms with Crippen molar-refractivity contribution >= 4 is 5.97 Å². The molecule has 0 radical (unpaired) electrons. The number of rotatable bonds is 7. The molecule has 0 fully saturated rings. The third-order valence-corrected chi connectivity index (χ3v) is 1.54.